The van der Waals surface area contributed by atoms with E-state index in [-0.39, 0.29) is 17.0 Å². The maximum atomic E-state index is 13.4. The Labute approximate surface area is 218 Å². The molecule has 190 valence electrons. The lowest BCUT2D eigenvalue weighted by molar-refractivity contribution is 0.102. The fourth-order valence-electron chi connectivity index (χ4n) is 5.54. The van der Waals surface area contributed by atoms with Crippen LogP contribution in [0.5, 0.6) is 0 Å². The minimum absolute atomic E-state index is 0.212. The zero-order valence-corrected chi connectivity index (χ0v) is 20.8. The van der Waals surface area contributed by atoms with E-state index in [1.807, 2.05) is 59.3 Å². The number of hydrogen-bond acceptors (Lipinski definition) is 5. The van der Waals surface area contributed by atoms with Crippen molar-refractivity contribution in [1.29, 1.82) is 0 Å². The minimum atomic E-state index is -0.387. The van der Waals surface area contributed by atoms with E-state index in [1.165, 1.54) is 19.2 Å². The van der Waals surface area contributed by atoms with Crippen LogP contribution in [0.25, 0.3) is 27.8 Å². The quantitative estimate of drug-likeness (QED) is 0.358. The number of para-hydroxylation sites is 1. The average molecular weight is 506 g/mol. The topological polar surface area (TPSA) is 113 Å². The van der Waals surface area contributed by atoms with Crippen molar-refractivity contribution in [2.45, 2.75) is 38.8 Å². The third kappa shape index (κ3) is 3.70. The zero-order valence-electron chi connectivity index (χ0n) is 20.8. The molecule has 3 aromatic heterocycles. The molecular weight excluding hydrogens is 478 g/mol. The summed E-state index contributed by atoms with van der Waals surface area (Å²) in [4.78, 5) is 35.4. The van der Waals surface area contributed by atoms with Crippen molar-refractivity contribution in [2.75, 3.05) is 11.1 Å². The van der Waals surface area contributed by atoms with Crippen LogP contribution in [0.4, 0.5) is 11.5 Å². The van der Waals surface area contributed by atoms with Gasteiger partial charge in [-0.1, -0.05) is 30.3 Å². The molecule has 1 aliphatic carbocycles. The van der Waals surface area contributed by atoms with E-state index < -0.39 is 0 Å². The lowest BCUT2D eigenvalue weighted by Crippen LogP contribution is -2.26. The molecule has 4 heterocycles. The van der Waals surface area contributed by atoms with E-state index in [0.717, 1.165) is 46.5 Å². The molecule has 0 bridgehead atoms. The van der Waals surface area contributed by atoms with Crippen LogP contribution in [-0.4, -0.2) is 29.8 Å². The van der Waals surface area contributed by atoms with Crippen LogP contribution in [0.15, 0.2) is 71.9 Å². The number of anilines is 2. The summed E-state index contributed by atoms with van der Waals surface area (Å²) in [5.41, 5.74) is 11.1. The Morgan fingerprint density at radius 2 is 1.84 bits per heavy atom. The summed E-state index contributed by atoms with van der Waals surface area (Å²) in [6.45, 7) is 1.63. The van der Waals surface area contributed by atoms with E-state index in [1.54, 1.807) is 4.68 Å². The molecule has 3 N–H and O–H groups in total. The molecule has 0 unspecified atom stereocenters. The molecule has 0 spiro atoms. The van der Waals surface area contributed by atoms with Crippen LogP contribution in [0.2, 0.25) is 0 Å². The van der Waals surface area contributed by atoms with Gasteiger partial charge in [-0.25, -0.2) is 14.6 Å². The molecule has 2 aliphatic rings. The number of fused-ring (bicyclic) bond motifs is 2. The molecule has 1 fully saturated rings. The van der Waals surface area contributed by atoms with Gasteiger partial charge in [0.05, 0.1) is 16.8 Å². The standard InChI is InChI=1S/C29H27N7O2/c30-26-24-22(16-34(15-18-8-9-18)27(24)32-17-31-26)19-10-12-20(13-11-19)33-28(37)25-23-7-4-14-35(23)36(29(25)38)21-5-2-1-3-6-21/h1-3,5-6,10-13,16-18H,4,7-9,14-15H2,(H,33,37)(H2,30,31,32). The maximum absolute atomic E-state index is 13.4. The van der Waals surface area contributed by atoms with Gasteiger partial charge in [0.25, 0.3) is 11.5 Å². The maximum Gasteiger partial charge on any atom is 0.284 e. The molecule has 7 rings (SSSR count). The highest BCUT2D eigenvalue weighted by atomic mass is 16.2. The predicted octanol–water partition coefficient (Wildman–Crippen LogP) is 4.24. The average Bonchev–Trinajstić information content (AvgIpc) is 3.37. The van der Waals surface area contributed by atoms with Gasteiger partial charge in [0.1, 0.15) is 23.4 Å². The number of hydrogen-bond donors (Lipinski definition) is 2. The lowest BCUT2D eigenvalue weighted by Gasteiger charge is -2.08. The highest BCUT2D eigenvalue weighted by Gasteiger charge is 2.29. The molecule has 1 aliphatic heterocycles. The van der Waals surface area contributed by atoms with E-state index in [9.17, 15) is 9.59 Å². The third-order valence-corrected chi connectivity index (χ3v) is 7.55. The molecule has 9 nitrogen and oxygen atoms in total. The van der Waals surface area contributed by atoms with E-state index in [4.69, 9.17) is 5.73 Å². The molecule has 1 amide bonds. The van der Waals surface area contributed by atoms with Crippen molar-refractivity contribution >= 4 is 28.4 Å². The van der Waals surface area contributed by atoms with Crippen LogP contribution in [0.1, 0.15) is 35.3 Å². The summed E-state index contributed by atoms with van der Waals surface area (Å²) in [5.74, 6) is 0.755. The van der Waals surface area contributed by atoms with Gasteiger partial charge < -0.3 is 15.6 Å². The van der Waals surface area contributed by atoms with Gasteiger partial charge in [-0.3, -0.25) is 14.3 Å². The first-order chi connectivity index (χ1) is 18.6. The molecule has 5 aromatic rings. The summed E-state index contributed by atoms with van der Waals surface area (Å²) < 4.78 is 5.71. The van der Waals surface area contributed by atoms with Gasteiger partial charge in [-0.2, -0.15) is 0 Å². The number of aromatic nitrogens is 5. The third-order valence-electron chi connectivity index (χ3n) is 7.55. The molecule has 0 atom stereocenters. The Balaban J connectivity index is 1.19. The molecule has 2 aromatic carbocycles. The predicted molar refractivity (Wildman–Crippen MR) is 146 cm³/mol. The number of amides is 1. The lowest BCUT2D eigenvalue weighted by atomic mass is 10.1. The normalized spacial score (nSPS) is 14.6. The van der Waals surface area contributed by atoms with Crippen molar-refractivity contribution < 1.29 is 4.79 Å². The van der Waals surface area contributed by atoms with Crippen LogP contribution in [0, 0.1) is 5.92 Å². The van der Waals surface area contributed by atoms with E-state index >= 15 is 0 Å². The van der Waals surface area contributed by atoms with Crippen molar-refractivity contribution in [3.63, 3.8) is 0 Å². The molecular formula is C29H27N7O2. The van der Waals surface area contributed by atoms with Gasteiger partial charge in [0, 0.05) is 30.5 Å². The first kappa shape index (κ1) is 22.5. The number of nitrogen functional groups attached to an aromatic ring is 1. The first-order valence-electron chi connectivity index (χ1n) is 13.0. The Bertz CT molecular complexity index is 1740. The van der Waals surface area contributed by atoms with Crippen molar-refractivity contribution in [3.05, 3.63) is 88.7 Å². The molecule has 0 saturated heterocycles. The summed E-state index contributed by atoms with van der Waals surface area (Å²) in [7, 11) is 0. The summed E-state index contributed by atoms with van der Waals surface area (Å²) in [5, 5.41) is 3.78. The van der Waals surface area contributed by atoms with Crippen molar-refractivity contribution in [2.24, 2.45) is 5.92 Å². The largest absolute Gasteiger partial charge is 0.383 e. The number of nitrogens with zero attached hydrogens (tertiary/aromatic N) is 5. The molecule has 9 heteroatoms. The Hall–Kier alpha value is -4.66. The van der Waals surface area contributed by atoms with E-state index in [0.29, 0.717) is 30.4 Å². The molecule has 1 saturated carbocycles. The van der Waals surface area contributed by atoms with E-state index in [2.05, 4.69) is 26.0 Å². The SMILES string of the molecule is Nc1ncnc2c1c(-c1ccc(NC(=O)c3c4n(n(-c5ccccc5)c3=O)CCC4)cc1)cn2CC1CC1. The molecule has 0 radical (unpaired) electrons. The second-order valence-corrected chi connectivity index (χ2v) is 10.1. The number of benzene rings is 2. The van der Waals surface area contributed by atoms with Gasteiger partial charge in [0.2, 0.25) is 0 Å². The summed E-state index contributed by atoms with van der Waals surface area (Å²) in [6.07, 6.45) is 7.69. The van der Waals surface area contributed by atoms with Crippen molar-refractivity contribution in [1.82, 2.24) is 23.9 Å². The monoisotopic (exact) mass is 505 g/mol. The van der Waals surface area contributed by atoms with Gasteiger partial charge in [-0.05, 0) is 61.4 Å². The number of rotatable bonds is 6. The first-order valence-corrected chi connectivity index (χ1v) is 13.0. The van der Waals surface area contributed by atoms with Crippen LogP contribution in [-0.2, 0) is 19.5 Å². The zero-order chi connectivity index (χ0) is 25.8. The Morgan fingerprint density at radius 3 is 2.61 bits per heavy atom. The van der Waals surface area contributed by atoms with Crippen LogP contribution in [0.3, 0.4) is 0 Å². The molecule has 38 heavy (non-hydrogen) atoms. The fourth-order valence-corrected chi connectivity index (χ4v) is 5.54. The highest BCUT2D eigenvalue weighted by molar-refractivity contribution is 6.05. The smallest absolute Gasteiger partial charge is 0.284 e. The van der Waals surface area contributed by atoms with Crippen LogP contribution >= 0.6 is 0 Å². The highest BCUT2D eigenvalue weighted by Crippen LogP contribution is 2.37. The van der Waals surface area contributed by atoms with Gasteiger partial charge in [0.15, 0.2) is 0 Å². The van der Waals surface area contributed by atoms with Gasteiger partial charge >= 0.3 is 0 Å². The number of carbonyl (C=O) groups is 1. The Kier molecular flexibility index (Phi) is 5.17. The minimum Gasteiger partial charge on any atom is -0.383 e. The van der Waals surface area contributed by atoms with Crippen molar-refractivity contribution in [3.8, 4) is 16.8 Å². The second kappa shape index (κ2) is 8.72. The summed E-state index contributed by atoms with van der Waals surface area (Å²) in [6, 6.07) is 17.1. The Morgan fingerprint density at radius 1 is 1.05 bits per heavy atom. The van der Waals surface area contributed by atoms with Gasteiger partial charge in [-0.15, -0.1) is 0 Å². The fraction of sp³-hybridized carbons (Fsp3) is 0.241. The number of nitrogens with two attached hydrogens (primary N) is 1. The summed E-state index contributed by atoms with van der Waals surface area (Å²) >= 11 is 0. The second-order valence-electron chi connectivity index (χ2n) is 10.1. The van der Waals surface area contributed by atoms with Crippen LogP contribution < -0.4 is 16.6 Å². The number of carbonyl (C=O) groups excluding carboxylic acids is 1. The number of nitrogens with one attached hydrogen (secondary N) is 1.